The molecule has 6 heteroatoms. The average molecular weight is 272 g/mol. The number of carboxylic acid groups (broad SMARTS) is 1. The van der Waals surface area contributed by atoms with Crippen molar-refractivity contribution in [1.82, 2.24) is 4.98 Å². The van der Waals surface area contributed by atoms with Crippen LogP contribution in [0.2, 0.25) is 0 Å². The Morgan fingerprint density at radius 3 is 2.65 bits per heavy atom. The molecule has 2 rings (SSSR count). The Morgan fingerprint density at radius 2 is 2.05 bits per heavy atom. The van der Waals surface area contributed by atoms with Crippen LogP contribution in [0.15, 0.2) is 42.6 Å². The van der Waals surface area contributed by atoms with E-state index in [0.29, 0.717) is 11.4 Å². The van der Waals surface area contributed by atoms with Gasteiger partial charge in [0, 0.05) is 18.0 Å². The molecule has 0 atom stereocenters. The topological polar surface area (TPSA) is 88.5 Å². The van der Waals surface area contributed by atoms with Crippen molar-refractivity contribution in [2.24, 2.45) is 0 Å². The second-order valence-electron chi connectivity index (χ2n) is 3.92. The fourth-order valence-electron chi connectivity index (χ4n) is 1.55. The quantitative estimate of drug-likeness (QED) is 0.889. The molecule has 20 heavy (non-hydrogen) atoms. The Bertz CT molecular complexity index is 638. The van der Waals surface area contributed by atoms with Gasteiger partial charge in [-0.25, -0.2) is 4.79 Å². The average Bonchev–Trinajstić information content (AvgIpc) is 2.47. The molecule has 0 aliphatic rings. The van der Waals surface area contributed by atoms with Gasteiger partial charge in [-0.3, -0.25) is 9.78 Å². The number of hydrogen-bond acceptors (Lipinski definition) is 4. The Labute approximate surface area is 115 Å². The summed E-state index contributed by atoms with van der Waals surface area (Å²) in [6.07, 6.45) is 1.14. The first-order valence-electron chi connectivity index (χ1n) is 5.75. The second-order valence-corrected chi connectivity index (χ2v) is 3.92. The number of rotatable bonds is 4. The zero-order valence-corrected chi connectivity index (χ0v) is 10.7. The number of carbonyl (C=O) groups is 2. The summed E-state index contributed by atoms with van der Waals surface area (Å²) in [6, 6.07) is 9.58. The van der Waals surface area contributed by atoms with Crippen molar-refractivity contribution in [2.45, 2.75) is 0 Å². The van der Waals surface area contributed by atoms with Gasteiger partial charge < -0.3 is 15.2 Å². The maximum absolute atomic E-state index is 11.9. The Kier molecular flexibility index (Phi) is 3.95. The largest absolute Gasteiger partial charge is 0.497 e. The molecule has 6 nitrogen and oxygen atoms in total. The molecule has 1 amide bonds. The lowest BCUT2D eigenvalue weighted by Gasteiger charge is -2.06. The van der Waals surface area contributed by atoms with E-state index in [0.717, 1.165) is 6.20 Å². The number of anilines is 1. The summed E-state index contributed by atoms with van der Waals surface area (Å²) in [5.41, 5.74) is 0.735. The number of aromatic carboxylic acids is 1. The van der Waals surface area contributed by atoms with Crippen LogP contribution in [0.4, 0.5) is 5.69 Å². The number of hydrogen-bond donors (Lipinski definition) is 2. The highest BCUT2D eigenvalue weighted by Gasteiger charge is 2.10. The van der Waals surface area contributed by atoms with Crippen LogP contribution in [-0.2, 0) is 0 Å². The van der Waals surface area contributed by atoms with Crippen molar-refractivity contribution < 1.29 is 19.4 Å². The van der Waals surface area contributed by atoms with Crippen LogP contribution in [0, 0.1) is 0 Å². The summed E-state index contributed by atoms with van der Waals surface area (Å²) in [7, 11) is 1.53. The standard InChI is InChI=1S/C14H12N2O4/c1-20-11-4-2-3-10(7-11)16-13(17)12-6-5-9(8-15-12)14(18)19/h2-8H,1H3,(H,16,17)(H,18,19). The molecular formula is C14H12N2O4. The third-order valence-electron chi connectivity index (χ3n) is 2.57. The fraction of sp³-hybridized carbons (Fsp3) is 0.0714. The van der Waals surface area contributed by atoms with Gasteiger partial charge in [-0.15, -0.1) is 0 Å². The lowest BCUT2D eigenvalue weighted by Crippen LogP contribution is -2.14. The van der Waals surface area contributed by atoms with Crippen LogP contribution < -0.4 is 10.1 Å². The minimum Gasteiger partial charge on any atom is -0.497 e. The fourth-order valence-corrected chi connectivity index (χ4v) is 1.55. The molecule has 0 unspecified atom stereocenters. The Balaban J connectivity index is 2.13. The molecule has 1 aromatic heterocycles. The lowest BCUT2D eigenvalue weighted by atomic mass is 10.2. The Morgan fingerprint density at radius 1 is 1.25 bits per heavy atom. The van der Waals surface area contributed by atoms with Crippen LogP contribution in [0.5, 0.6) is 5.75 Å². The van der Waals surface area contributed by atoms with Gasteiger partial charge in [-0.2, -0.15) is 0 Å². The number of ether oxygens (including phenoxy) is 1. The number of carboxylic acids is 1. The predicted octanol–water partition coefficient (Wildman–Crippen LogP) is 2.04. The second kappa shape index (κ2) is 5.83. The van der Waals surface area contributed by atoms with E-state index in [9.17, 15) is 9.59 Å². The minimum atomic E-state index is -1.09. The number of amides is 1. The Hall–Kier alpha value is -2.89. The minimum absolute atomic E-state index is 0.0305. The summed E-state index contributed by atoms with van der Waals surface area (Å²) in [6.45, 7) is 0. The molecule has 2 aromatic rings. The summed E-state index contributed by atoms with van der Waals surface area (Å²) in [5, 5.41) is 11.4. The maximum Gasteiger partial charge on any atom is 0.337 e. The molecule has 2 N–H and O–H groups in total. The van der Waals surface area contributed by atoms with E-state index in [1.54, 1.807) is 24.3 Å². The van der Waals surface area contributed by atoms with E-state index in [2.05, 4.69) is 10.3 Å². The molecule has 0 saturated heterocycles. The zero-order chi connectivity index (χ0) is 14.5. The van der Waals surface area contributed by atoms with Gasteiger partial charge in [0.2, 0.25) is 0 Å². The third-order valence-corrected chi connectivity index (χ3v) is 2.57. The van der Waals surface area contributed by atoms with Crippen molar-refractivity contribution >= 4 is 17.6 Å². The van der Waals surface area contributed by atoms with Crippen molar-refractivity contribution in [3.05, 3.63) is 53.9 Å². The summed E-state index contributed by atoms with van der Waals surface area (Å²) >= 11 is 0. The highest BCUT2D eigenvalue weighted by Crippen LogP contribution is 2.17. The maximum atomic E-state index is 11.9. The summed E-state index contributed by atoms with van der Waals surface area (Å²) in [4.78, 5) is 26.4. The van der Waals surface area contributed by atoms with E-state index < -0.39 is 11.9 Å². The van der Waals surface area contributed by atoms with Crippen LogP contribution in [-0.4, -0.2) is 29.1 Å². The van der Waals surface area contributed by atoms with E-state index in [1.165, 1.54) is 19.2 Å². The van der Waals surface area contributed by atoms with Gasteiger partial charge >= 0.3 is 5.97 Å². The number of nitrogens with zero attached hydrogens (tertiary/aromatic N) is 1. The van der Waals surface area contributed by atoms with E-state index >= 15 is 0 Å². The molecule has 0 saturated carbocycles. The summed E-state index contributed by atoms with van der Waals surface area (Å²) < 4.78 is 5.05. The molecule has 0 fully saturated rings. The van der Waals surface area contributed by atoms with Gasteiger partial charge in [-0.1, -0.05) is 6.07 Å². The molecule has 0 spiro atoms. The van der Waals surface area contributed by atoms with Crippen LogP contribution in [0.25, 0.3) is 0 Å². The van der Waals surface area contributed by atoms with Gasteiger partial charge in [0.25, 0.3) is 5.91 Å². The number of aromatic nitrogens is 1. The normalized spacial score (nSPS) is 9.85. The number of pyridine rings is 1. The zero-order valence-electron chi connectivity index (χ0n) is 10.7. The number of benzene rings is 1. The first-order chi connectivity index (χ1) is 9.60. The highest BCUT2D eigenvalue weighted by atomic mass is 16.5. The van der Waals surface area contributed by atoms with Gasteiger partial charge in [0.1, 0.15) is 11.4 Å². The number of nitrogens with one attached hydrogen (secondary N) is 1. The van der Waals surface area contributed by atoms with Gasteiger partial charge in [-0.05, 0) is 24.3 Å². The van der Waals surface area contributed by atoms with Crippen molar-refractivity contribution in [3.63, 3.8) is 0 Å². The van der Waals surface area contributed by atoms with Gasteiger partial charge in [0.05, 0.1) is 12.7 Å². The van der Waals surface area contributed by atoms with Crippen LogP contribution in [0.1, 0.15) is 20.8 Å². The number of carbonyl (C=O) groups excluding carboxylic acids is 1. The van der Waals surface area contributed by atoms with E-state index in [-0.39, 0.29) is 11.3 Å². The van der Waals surface area contributed by atoms with E-state index in [1.807, 2.05) is 0 Å². The van der Waals surface area contributed by atoms with E-state index in [4.69, 9.17) is 9.84 Å². The SMILES string of the molecule is COc1cccc(NC(=O)c2ccc(C(=O)O)cn2)c1. The lowest BCUT2D eigenvalue weighted by molar-refractivity contribution is 0.0696. The summed E-state index contributed by atoms with van der Waals surface area (Å²) in [5.74, 6) is -0.885. The molecule has 0 radical (unpaired) electrons. The highest BCUT2D eigenvalue weighted by molar-refractivity contribution is 6.03. The smallest absolute Gasteiger partial charge is 0.337 e. The van der Waals surface area contributed by atoms with Crippen molar-refractivity contribution in [3.8, 4) is 5.75 Å². The molecule has 102 valence electrons. The van der Waals surface area contributed by atoms with Crippen LogP contribution >= 0.6 is 0 Å². The number of methoxy groups -OCH3 is 1. The molecule has 0 aliphatic carbocycles. The van der Waals surface area contributed by atoms with Crippen molar-refractivity contribution in [2.75, 3.05) is 12.4 Å². The van der Waals surface area contributed by atoms with Crippen LogP contribution in [0.3, 0.4) is 0 Å². The molecule has 1 heterocycles. The molecular weight excluding hydrogens is 260 g/mol. The first kappa shape index (κ1) is 13.5. The molecule has 0 bridgehead atoms. The first-order valence-corrected chi connectivity index (χ1v) is 5.75. The van der Waals surface area contributed by atoms with Crippen molar-refractivity contribution in [1.29, 1.82) is 0 Å². The predicted molar refractivity (Wildman–Crippen MR) is 72.1 cm³/mol. The molecule has 0 aliphatic heterocycles. The monoisotopic (exact) mass is 272 g/mol. The van der Waals surface area contributed by atoms with Gasteiger partial charge in [0.15, 0.2) is 0 Å². The molecule has 1 aromatic carbocycles. The third kappa shape index (κ3) is 3.11.